The Morgan fingerprint density at radius 3 is 2.52 bits per heavy atom. The van der Waals surface area contributed by atoms with Crippen molar-refractivity contribution in [3.05, 3.63) is 45.3 Å². The highest BCUT2D eigenvalue weighted by molar-refractivity contribution is 7.17. The van der Waals surface area contributed by atoms with Gasteiger partial charge in [-0.15, -0.1) is 11.3 Å². The summed E-state index contributed by atoms with van der Waals surface area (Å²) >= 11 is 7.33. The molecule has 29 heavy (non-hydrogen) atoms. The van der Waals surface area contributed by atoms with Gasteiger partial charge in [-0.3, -0.25) is 9.59 Å². The van der Waals surface area contributed by atoms with Crippen LogP contribution in [0.25, 0.3) is 0 Å². The molecule has 0 aliphatic heterocycles. The quantitative estimate of drug-likeness (QED) is 0.690. The minimum absolute atomic E-state index is 0.193. The van der Waals surface area contributed by atoms with E-state index in [0.29, 0.717) is 27.3 Å². The van der Waals surface area contributed by atoms with Crippen molar-refractivity contribution >= 4 is 39.8 Å². The van der Waals surface area contributed by atoms with E-state index in [4.69, 9.17) is 22.1 Å². The first-order valence-corrected chi connectivity index (χ1v) is 10.9. The summed E-state index contributed by atoms with van der Waals surface area (Å²) in [5, 5.41) is 3.98. The molecule has 1 heterocycles. The Morgan fingerprint density at radius 2 is 1.93 bits per heavy atom. The number of anilines is 1. The van der Waals surface area contributed by atoms with Crippen molar-refractivity contribution in [3.8, 4) is 5.75 Å². The number of nitrogens with two attached hydrogens (primary N) is 1. The van der Waals surface area contributed by atoms with Gasteiger partial charge < -0.3 is 15.8 Å². The van der Waals surface area contributed by atoms with Gasteiger partial charge in [0.15, 0.2) is 6.10 Å². The number of ether oxygens (including phenoxy) is 1. The van der Waals surface area contributed by atoms with Crippen LogP contribution in [0.2, 0.25) is 5.02 Å². The summed E-state index contributed by atoms with van der Waals surface area (Å²) in [6.45, 7) is 8.38. The molecule has 0 bridgehead atoms. The molecule has 2 aromatic rings. The van der Waals surface area contributed by atoms with Crippen LogP contribution in [0, 0.1) is 11.3 Å². The number of hydrogen-bond donors (Lipinski definition) is 2. The molecule has 1 aliphatic carbocycles. The average Bonchev–Trinajstić information content (AvgIpc) is 2.99. The molecule has 1 aromatic heterocycles. The molecular formula is C22H27ClN2O3S. The third-order valence-electron chi connectivity index (χ3n) is 5.47. The molecule has 3 rings (SSSR count). The van der Waals surface area contributed by atoms with E-state index >= 15 is 0 Å². The summed E-state index contributed by atoms with van der Waals surface area (Å²) in [5.41, 5.74) is 7.30. The van der Waals surface area contributed by atoms with Gasteiger partial charge in [0.25, 0.3) is 11.8 Å². The van der Waals surface area contributed by atoms with E-state index in [2.05, 4.69) is 26.1 Å². The molecule has 0 spiro atoms. The molecule has 0 unspecified atom stereocenters. The molecule has 7 heteroatoms. The predicted molar refractivity (Wildman–Crippen MR) is 118 cm³/mol. The number of hydrogen-bond acceptors (Lipinski definition) is 4. The van der Waals surface area contributed by atoms with E-state index in [9.17, 15) is 9.59 Å². The smallest absolute Gasteiger partial charge is 0.265 e. The fraction of sp³-hybridized carbons (Fsp3) is 0.455. The molecule has 156 valence electrons. The number of fused-ring (bicyclic) bond motifs is 1. The second-order valence-electron chi connectivity index (χ2n) is 8.58. The lowest BCUT2D eigenvalue weighted by molar-refractivity contribution is -0.122. The standard InChI is InChI=1S/C22H27ClN2O3S/c1-12(28-15-8-6-14(23)7-9-15)20(27)25-21-18(19(24)26)16-10-5-13(22(2,3)4)11-17(16)29-21/h6-9,12-13H,5,10-11H2,1-4H3,(H2,24,26)(H,25,27)/t12-,13+/m1/s1. The molecule has 5 nitrogen and oxygen atoms in total. The van der Waals surface area contributed by atoms with E-state index in [0.717, 1.165) is 29.7 Å². The Morgan fingerprint density at radius 1 is 1.28 bits per heavy atom. The largest absolute Gasteiger partial charge is 0.481 e. The van der Waals surface area contributed by atoms with E-state index in [1.54, 1.807) is 31.2 Å². The normalized spacial score (nSPS) is 17.3. The zero-order valence-electron chi connectivity index (χ0n) is 17.2. The van der Waals surface area contributed by atoms with Gasteiger partial charge >= 0.3 is 0 Å². The van der Waals surface area contributed by atoms with Crippen molar-refractivity contribution in [1.82, 2.24) is 0 Å². The van der Waals surface area contributed by atoms with Gasteiger partial charge in [0, 0.05) is 9.90 Å². The maximum absolute atomic E-state index is 12.7. The number of primary amides is 1. The molecule has 0 saturated carbocycles. The molecule has 2 atom stereocenters. The van der Waals surface area contributed by atoms with Crippen LogP contribution in [0.4, 0.5) is 5.00 Å². The summed E-state index contributed by atoms with van der Waals surface area (Å²) in [6.07, 6.45) is 1.98. The Hall–Kier alpha value is -2.05. The number of amides is 2. The van der Waals surface area contributed by atoms with Crippen LogP contribution in [0.5, 0.6) is 5.75 Å². The van der Waals surface area contributed by atoms with Gasteiger partial charge in [-0.1, -0.05) is 32.4 Å². The molecule has 0 radical (unpaired) electrons. The third kappa shape index (κ3) is 4.93. The van der Waals surface area contributed by atoms with E-state index in [1.807, 2.05) is 0 Å². The SMILES string of the molecule is C[C@@H](Oc1ccc(Cl)cc1)C(=O)Nc1sc2c(c1C(N)=O)CC[C@H](C(C)(C)C)C2. The van der Waals surface area contributed by atoms with Crippen molar-refractivity contribution in [3.63, 3.8) is 0 Å². The Balaban J connectivity index is 1.78. The summed E-state index contributed by atoms with van der Waals surface area (Å²) in [6, 6.07) is 6.81. The van der Waals surface area contributed by atoms with Crippen molar-refractivity contribution in [2.24, 2.45) is 17.1 Å². The molecule has 1 aromatic carbocycles. The highest BCUT2D eigenvalue weighted by Gasteiger charge is 2.33. The fourth-order valence-electron chi connectivity index (χ4n) is 3.66. The van der Waals surface area contributed by atoms with E-state index in [1.165, 1.54) is 11.3 Å². The minimum Gasteiger partial charge on any atom is -0.481 e. The number of thiophene rings is 1. The van der Waals surface area contributed by atoms with Crippen LogP contribution in [0.3, 0.4) is 0 Å². The second kappa shape index (κ2) is 8.36. The highest BCUT2D eigenvalue weighted by atomic mass is 35.5. The van der Waals surface area contributed by atoms with Gasteiger partial charge in [0.2, 0.25) is 0 Å². The molecular weight excluding hydrogens is 408 g/mol. The lowest BCUT2D eigenvalue weighted by Crippen LogP contribution is -2.30. The lowest BCUT2D eigenvalue weighted by Gasteiger charge is -2.33. The Labute approximate surface area is 180 Å². The molecule has 0 fully saturated rings. The van der Waals surface area contributed by atoms with Crippen LogP contribution in [0.1, 0.15) is 54.9 Å². The first-order valence-electron chi connectivity index (χ1n) is 9.73. The summed E-state index contributed by atoms with van der Waals surface area (Å²) in [4.78, 5) is 26.0. The molecule has 2 amide bonds. The monoisotopic (exact) mass is 434 g/mol. The first-order chi connectivity index (χ1) is 13.6. The maximum atomic E-state index is 12.7. The van der Waals surface area contributed by atoms with E-state index in [-0.39, 0.29) is 11.3 Å². The maximum Gasteiger partial charge on any atom is 0.265 e. The van der Waals surface area contributed by atoms with Crippen LogP contribution >= 0.6 is 22.9 Å². The minimum atomic E-state index is -0.738. The van der Waals surface area contributed by atoms with Crippen molar-refractivity contribution in [1.29, 1.82) is 0 Å². The zero-order valence-corrected chi connectivity index (χ0v) is 18.7. The average molecular weight is 435 g/mol. The number of nitrogens with one attached hydrogen (secondary N) is 1. The Bertz CT molecular complexity index is 915. The molecule has 3 N–H and O–H groups in total. The summed E-state index contributed by atoms with van der Waals surface area (Å²) in [7, 11) is 0. The number of carbonyl (C=O) groups excluding carboxylic acids is 2. The molecule has 0 saturated heterocycles. The third-order valence-corrected chi connectivity index (χ3v) is 6.89. The van der Waals surface area contributed by atoms with Gasteiger partial charge in [0.1, 0.15) is 10.8 Å². The first kappa shape index (κ1) is 21.7. The van der Waals surface area contributed by atoms with Crippen LogP contribution in [-0.4, -0.2) is 17.9 Å². The Kier molecular flexibility index (Phi) is 6.24. The van der Waals surface area contributed by atoms with Gasteiger partial charge in [-0.05, 0) is 67.3 Å². The van der Waals surface area contributed by atoms with E-state index < -0.39 is 12.0 Å². The van der Waals surface area contributed by atoms with Crippen molar-refractivity contribution in [2.45, 2.75) is 53.1 Å². The number of benzene rings is 1. The lowest BCUT2D eigenvalue weighted by atomic mass is 9.72. The van der Waals surface area contributed by atoms with Crippen molar-refractivity contribution < 1.29 is 14.3 Å². The van der Waals surface area contributed by atoms with Gasteiger partial charge in [0.05, 0.1) is 5.56 Å². The second-order valence-corrected chi connectivity index (χ2v) is 10.1. The van der Waals surface area contributed by atoms with Crippen LogP contribution in [-0.2, 0) is 17.6 Å². The predicted octanol–water partition coefficient (Wildman–Crippen LogP) is 5.06. The highest BCUT2D eigenvalue weighted by Crippen LogP contribution is 2.44. The number of halogens is 1. The topological polar surface area (TPSA) is 81.4 Å². The van der Waals surface area contributed by atoms with Crippen molar-refractivity contribution in [2.75, 3.05) is 5.32 Å². The van der Waals surface area contributed by atoms with Crippen LogP contribution < -0.4 is 15.8 Å². The summed E-state index contributed by atoms with van der Waals surface area (Å²) < 4.78 is 5.69. The summed E-state index contributed by atoms with van der Waals surface area (Å²) in [5.74, 6) is 0.252. The fourth-order valence-corrected chi connectivity index (χ4v) is 5.12. The van der Waals surface area contributed by atoms with Gasteiger partial charge in [-0.2, -0.15) is 0 Å². The molecule has 1 aliphatic rings. The number of carbonyl (C=O) groups is 2. The van der Waals surface area contributed by atoms with Crippen LogP contribution in [0.15, 0.2) is 24.3 Å². The van der Waals surface area contributed by atoms with Gasteiger partial charge in [-0.25, -0.2) is 0 Å². The number of rotatable bonds is 5. The zero-order chi connectivity index (χ0) is 21.3.